The molecule has 0 radical (unpaired) electrons. The summed E-state index contributed by atoms with van der Waals surface area (Å²) in [5.74, 6) is 1.26. The molecule has 1 aromatic carbocycles. The normalized spacial score (nSPS) is 10.0. The lowest BCUT2D eigenvalue weighted by atomic mass is 10.1. The van der Waals surface area contributed by atoms with Crippen LogP contribution in [-0.4, -0.2) is 29.1 Å². The van der Waals surface area contributed by atoms with E-state index in [4.69, 9.17) is 11.5 Å². The summed E-state index contributed by atoms with van der Waals surface area (Å²) in [6, 6.07) is 5.31. The zero-order chi connectivity index (χ0) is 17.5. The van der Waals surface area contributed by atoms with E-state index in [1.165, 1.54) is 18.3 Å². The zero-order valence-electron chi connectivity index (χ0n) is 12.7. The predicted molar refractivity (Wildman–Crippen MR) is 88.7 cm³/mol. The Morgan fingerprint density at radius 1 is 1.33 bits per heavy atom. The Kier molecular flexibility index (Phi) is 5.71. The highest BCUT2D eigenvalue weighted by Gasteiger charge is 2.13. The van der Waals surface area contributed by atoms with E-state index in [0.29, 0.717) is 12.0 Å². The summed E-state index contributed by atoms with van der Waals surface area (Å²) in [5, 5.41) is 14.1. The summed E-state index contributed by atoms with van der Waals surface area (Å²) in [6.45, 7) is 0.225. The minimum atomic E-state index is -0.600. The Morgan fingerprint density at radius 3 is 2.79 bits per heavy atom. The highest BCUT2D eigenvalue weighted by molar-refractivity contribution is 5.99. The van der Waals surface area contributed by atoms with Crippen molar-refractivity contribution in [2.24, 2.45) is 0 Å². The van der Waals surface area contributed by atoms with Gasteiger partial charge in [-0.3, -0.25) is 9.59 Å². The van der Waals surface area contributed by atoms with Gasteiger partial charge in [-0.2, -0.15) is 0 Å². The number of aromatic amines is 1. The van der Waals surface area contributed by atoms with Crippen LogP contribution in [0.1, 0.15) is 22.3 Å². The van der Waals surface area contributed by atoms with Crippen molar-refractivity contribution < 1.29 is 14.3 Å². The number of terminal acetylenes is 1. The van der Waals surface area contributed by atoms with Gasteiger partial charge < -0.3 is 20.7 Å². The molecule has 6 nitrogen and oxygen atoms in total. The number of aliphatic hydroxyl groups excluding tert-OH is 1. The standard InChI is InChI=1S/C17H16FN3O3/c1-2-11-4-5-14(13(18)8-11)21-15-9-16(23)20-10-12(15)17(24)19-6-3-7-22/h1,4-5,8-10,22H,3,6-7H2,(H,19,24)(H2,20,21,23). The van der Waals surface area contributed by atoms with Crippen LogP contribution in [0.25, 0.3) is 0 Å². The number of halogens is 1. The van der Waals surface area contributed by atoms with Crippen molar-refractivity contribution in [1.82, 2.24) is 10.3 Å². The molecule has 1 amide bonds. The van der Waals surface area contributed by atoms with E-state index in [1.807, 2.05) is 0 Å². The van der Waals surface area contributed by atoms with E-state index in [2.05, 4.69) is 21.5 Å². The molecule has 1 aromatic heterocycles. The van der Waals surface area contributed by atoms with Crippen LogP contribution in [0, 0.1) is 18.2 Å². The summed E-state index contributed by atoms with van der Waals surface area (Å²) in [4.78, 5) is 26.1. The van der Waals surface area contributed by atoms with Gasteiger partial charge in [0.15, 0.2) is 0 Å². The number of amides is 1. The van der Waals surface area contributed by atoms with Crippen LogP contribution < -0.4 is 16.2 Å². The average molecular weight is 329 g/mol. The minimum absolute atomic E-state index is 0.0518. The number of aliphatic hydroxyl groups is 1. The molecular formula is C17H16FN3O3. The summed E-state index contributed by atoms with van der Waals surface area (Å²) in [7, 11) is 0. The first kappa shape index (κ1) is 17.2. The van der Waals surface area contributed by atoms with Crippen LogP contribution in [0.5, 0.6) is 0 Å². The van der Waals surface area contributed by atoms with Crippen molar-refractivity contribution in [2.75, 3.05) is 18.5 Å². The number of hydrogen-bond donors (Lipinski definition) is 4. The minimum Gasteiger partial charge on any atom is -0.396 e. The number of H-pyrrole nitrogens is 1. The maximum absolute atomic E-state index is 14.0. The molecule has 124 valence electrons. The number of aromatic nitrogens is 1. The van der Waals surface area contributed by atoms with Gasteiger partial charge in [0.1, 0.15) is 5.82 Å². The molecular weight excluding hydrogens is 313 g/mol. The van der Waals surface area contributed by atoms with Crippen molar-refractivity contribution in [3.8, 4) is 12.3 Å². The van der Waals surface area contributed by atoms with E-state index < -0.39 is 17.3 Å². The SMILES string of the molecule is C#Cc1ccc(Nc2cc(=O)[nH]cc2C(=O)NCCCO)c(F)c1. The Balaban J connectivity index is 2.29. The molecule has 0 aliphatic heterocycles. The van der Waals surface area contributed by atoms with Crippen LogP contribution in [0.4, 0.5) is 15.8 Å². The summed E-state index contributed by atoms with van der Waals surface area (Å²) in [6.07, 6.45) is 6.86. The van der Waals surface area contributed by atoms with E-state index >= 15 is 0 Å². The van der Waals surface area contributed by atoms with Crippen LogP contribution >= 0.6 is 0 Å². The van der Waals surface area contributed by atoms with Crippen LogP contribution in [0.15, 0.2) is 35.3 Å². The molecule has 0 aliphatic rings. The molecule has 4 N–H and O–H groups in total. The Hall–Kier alpha value is -3.11. The Bertz CT molecular complexity index is 840. The van der Waals surface area contributed by atoms with E-state index in [-0.39, 0.29) is 30.1 Å². The van der Waals surface area contributed by atoms with E-state index in [0.717, 1.165) is 6.07 Å². The Labute approximate surface area is 137 Å². The van der Waals surface area contributed by atoms with Gasteiger partial charge >= 0.3 is 0 Å². The van der Waals surface area contributed by atoms with Gasteiger partial charge in [0, 0.05) is 31.0 Å². The van der Waals surface area contributed by atoms with Crippen molar-refractivity contribution >= 4 is 17.3 Å². The predicted octanol–water partition coefficient (Wildman–Crippen LogP) is 1.35. The fourth-order valence-electron chi connectivity index (χ4n) is 1.99. The van der Waals surface area contributed by atoms with Crippen LogP contribution in [0.3, 0.4) is 0 Å². The first-order valence-electron chi connectivity index (χ1n) is 7.20. The molecule has 0 aliphatic carbocycles. The third-order valence-corrected chi connectivity index (χ3v) is 3.19. The lowest BCUT2D eigenvalue weighted by Gasteiger charge is -2.12. The largest absolute Gasteiger partial charge is 0.396 e. The number of pyridine rings is 1. The highest BCUT2D eigenvalue weighted by atomic mass is 19.1. The molecule has 24 heavy (non-hydrogen) atoms. The van der Waals surface area contributed by atoms with Crippen molar-refractivity contribution in [3.05, 3.63) is 57.8 Å². The second-order valence-corrected chi connectivity index (χ2v) is 4.92. The smallest absolute Gasteiger partial charge is 0.254 e. The molecule has 0 fully saturated rings. The second kappa shape index (κ2) is 7.94. The molecule has 7 heteroatoms. The molecule has 0 atom stereocenters. The lowest BCUT2D eigenvalue weighted by molar-refractivity contribution is 0.0951. The van der Waals surface area contributed by atoms with Gasteiger partial charge in [0.05, 0.1) is 16.9 Å². The molecule has 0 saturated carbocycles. The van der Waals surface area contributed by atoms with Crippen LogP contribution in [-0.2, 0) is 0 Å². The van der Waals surface area contributed by atoms with Gasteiger partial charge in [-0.05, 0) is 24.6 Å². The fraction of sp³-hybridized carbons (Fsp3) is 0.176. The van der Waals surface area contributed by atoms with Crippen molar-refractivity contribution in [2.45, 2.75) is 6.42 Å². The van der Waals surface area contributed by atoms with E-state index in [9.17, 15) is 14.0 Å². The first-order chi connectivity index (χ1) is 11.5. The molecule has 2 aromatic rings. The van der Waals surface area contributed by atoms with Gasteiger partial charge in [-0.1, -0.05) is 5.92 Å². The lowest BCUT2D eigenvalue weighted by Crippen LogP contribution is -2.26. The number of benzene rings is 1. The molecule has 0 saturated heterocycles. The number of rotatable bonds is 6. The maximum Gasteiger partial charge on any atom is 0.254 e. The van der Waals surface area contributed by atoms with Gasteiger partial charge in [-0.15, -0.1) is 6.42 Å². The monoisotopic (exact) mass is 329 g/mol. The number of carbonyl (C=O) groups excluding carboxylic acids is 1. The third-order valence-electron chi connectivity index (χ3n) is 3.19. The second-order valence-electron chi connectivity index (χ2n) is 4.92. The zero-order valence-corrected chi connectivity index (χ0v) is 12.7. The molecule has 0 bridgehead atoms. The summed E-state index contributed by atoms with van der Waals surface area (Å²) in [5.41, 5.74) is 0.334. The van der Waals surface area contributed by atoms with Gasteiger partial charge in [-0.25, -0.2) is 4.39 Å². The number of carbonyl (C=O) groups is 1. The molecule has 0 spiro atoms. The van der Waals surface area contributed by atoms with Gasteiger partial charge in [0.25, 0.3) is 5.91 Å². The maximum atomic E-state index is 14.0. The van der Waals surface area contributed by atoms with Crippen molar-refractivity contribution in [3.63, 3.8) is 0 Å². The number of anilines is 2. The molecule has 1 heterocycles. The number of hydrogen-bond acceptors (Lipinski definition) is 4. The number of nitrogens with one attached hydrogen (secondary N) is 3. The van der Waals surface area contributed by atoms with Crippen LogP contribution in [0.2, 0.25) is 0 Å². The molecule has 2 rings (SSSR count). The fourth-order valence-corrected chi connectivity index (χ4v) is 1.99. The topological polar surface area (TPSA) is 94.2 Å². The highest BCUT2D eigenvalue weighted by Crippen LogP contribution is 2.22. The van der Waals surface area contributed by atoms with Gasteiger partial charge in [0.2, 0.25) is 5.56 Å². The third kappa shape index (κ3) is 4.21. The van der Waals surface area contributed by atoms with Crippen molar-refractivity contribution in [1.29, 1.82) is 0 Å². The first-order valence-corrected chi connectivity index (χ1v) is 7.20. The summed E-state index contributed by atoms with van der Waals surface area (Å²) >= 11 is 0. The average Bonchev–Trinajstić information content (AvgIpc) is 2.57. The molecule has 0 unspecified atom stereocenters. The van der Waals surface area contributed by atoms with E-state index in [1.54, 1.807) is 6.07 Å². The quantitative estimate of drug-likeness (QED) is 0.475. The summed E-state index contributed by atoms with van der Waals surface area (Å²) < 4.78 is 14.0. The Morgan fingerprint density at radius 2 is 2.12 bits per heavy atom.